The smallest absolute Gasteiger partial charge is 0.305 e. The van der Waals surface area contributed by atoms with Crippen molar-refractivity contribution in [3.63, 3.8) is 0 Å². The normalized spacial score (nSPS) is 11.4. The Kier molecular flexibility index (Phi) is 5.00. The summed E-state index contributed by atoms with van der Waals surface area (Å²) in [6.45, 7) is 6.04. The Morgan fingerprint density at radius 3 is 2.63 bits per heavy atom. The lowest BCUT2D eigenvalue weighted by Gasteiger charge is -2.24. The molecule has 0 bridgehead atoms. The summed E-state index contributed by atoms with van der Waals surface area (Å²) >= 11 is 5.91. The molecule has 0 radical (unpaired) electrons. The molecule has 19 heavy (non-hydrogen) atoms. The molecule has 0 fully saturated rings. The van der Waals surface area contributed by atoms with Crippen molar-refractivity contribution in [1.82, 2.24) is 9.88 Å². The second-order valence-corrected chi connectivity index (χ2v) is 5.58. The van der Waals surface area contributed by atoms with Gasteiger partial charge in [0, 0.05) is 18.3 Å². The Labute approximate surface area is 117 Å². The van der Waals surface area contributed by atoms with Crippen molar-refractivity contribution in [2.45, 2.75) is 45.7 Å². The average molecular weight is 287 g/mol. The number of carboxylic acid groups (broad SMARTS) is 1. The van der Waals surface area contributed by atoms with Gasteiger partial charge >= 0.3 is 5.97 Å². The van der Waals surface area contributed by atoms with Crippen molar-refractivity contribution in [2.75, 3.05) is 0 Å². The van der Waals surface area contributed by atoms with Gasteiger partial charge in [0.15, 0.2) is 0 Å². The average Bonchev–Trinajstić information content (AvgIpc) is 2.57. The fraction of sp³-hybridized carbons (Fsp3) is 0.538. The first kappa shape index (κ1) is 15.6. The van der Waals surface area contributed by atoms with Gasteiger partial charge in [-0.2, -0.15) is 0 Å². The van der Waals surface area contributed by atoms with Crippen molar-refractivity contribution < 1.29 is 14.7 Å². The van der Waals surface area contributed by atoms with Crippen LogP contribution in [0.25, 0.3) is 0 Å². The molecule has 1 amide bonds. The molecule has 1 aromatic rings. The SMILES string of the molecule is CCCn1cc(Cl)cc1C(=O)NC(C)(C)CC(=O)O. The molecule has 1 heterocycles. The van der Waals surface area contributed by atoms with Crippen molar-refractivity contribution in [3.05, 3.63) is 23.0 Å². The molecule has 6 heteroatoms. The number of carboxylic acids is 1. The molecule has 0 atom stereocenters. The van der Waals surface area contributed by atoms with Gasteiger partial charge in [0.1, 0.15) is 5.69 Å². The van der Waals surface area contributed by atoms with Crippen molar-refractivity contribution in [1.29, 1.82) is 0 Å². The molecular formula is C13H19ClN2O3. The number of rotatable bonds is 6. The molecule has 106 valence electrons. The third-order valence-electron chi connectivity index (χ3n) is 2.61. The van der Waals surface area contributed by atoms with Gasteiger partial charge in [-0.25, -0.2) is 0 Å². The minimum Gasteiger partial charge on any atom is -0.481 e. The van der Waals surface area contributed by atoms with Gasteiger partial charge in [-0.1, -0.05) is 18.5 Å². The van der Waals surface area contributed by atoms with E-state index in [1.807, 2.05) is 6.92 Å². The Bertz CT molecular complexity index is 480. The number of halogens is 1. The van der Waals surface area contributed by atoms with Crippen LogP contribution in [0.3, 0.4) is 0 Å². The maximum atomic E-state index is 12.2. The topological polar surface area (TPSA) is 71.3 Å². The zero-order valence-electron chi connectivity index (χ0n) is 11.4. The predicted octanol–water partition coefficient (Wildman–Crippen LogP) is 2.53. The second kappa shape index (κ2) is 6.10. The number of nitrogens with zero attached hydrogens (tertiary/aromatic N) is 1. The number of nitrogens with one attached hydrogen (secondary N) is 1. The molecule has 1 aromatic heterocycles. The third kappa shape index (κ3) is 4.59. The predicted molar refractivity (Wildman–Crippen MR) is 73.5 cm³/mol. The van der Waals surface area contributed by atoms with Crippen LogP contribution >= 0.6 is 11.6 Å². The van der Waals surface area contributed by atoms with E-state index in [1.54, 1.807) is 30.7 Å². The molecule has 0 unspecified atom stereocenters. The summed E-state index contributed by atoms with van der Waals surface area (Å²) in [7, 11) is 0. The van der Waals surface area contributed by atoms with E-state index in [9.17, 15) is 9.59 Å². The Balaban J connectivity index is 2.86. The monoisotopic (exact) mass is 286 g/mol. The van der Waals surface area contributed by atoms with Crippen LogP contribution in [0.5, 0.6) is 0 Å². The lowest BCUT2D eigenvalue weighted by molar-refractivity contribution is -0.138. The molecule has 2 N–H and O–H groups in total. The van der Waals surface area contributed by atoms with E-state index in [4.69, 9.17) is 16.7 Å². The van der Waals surface area contributed by atoms with Crippen LogP contribution in [0.4, 0.5) is 0 Å². The first-order valence-corrected chi connectivity index (χ1v) is 6.53. The van der Waals surface area contributed by atoms with Gasteiger partial charge in [0.2, 0.25) is 0 Å². The Morgan fingerprint density at radius 1 is 1.47 bits per heavy atom. The second-order valence-electron chi connectivity index (χ2n) is 5.15. The number of aromatic nitrogens is 1. The summed E-state index contributed by atoms with van der Waals surface area (Å²) in [5, 5.41) is 12.0. The lowest BCUT2D eigenvalue weighted by atomic mass is 10.0. The largest absolute Gasteiger partial charge is 0.481 e. The molecule has 0 aromatic carbocycles. The highest BCUT2D eigenvalue weighted by atomic mass is 35.5. The van der Waals surface area contributed by atoms with Gasteiger partial charge in [0.25, 0.3) is 5.91 Å². The standard InChI is InChI=1S/C13H19ClN2O3/c1-4-5-16-8-9(14)6-10(16)12(19)15-13(2,3)7-11(17)18/h6,8H,4-5,7H2,1-3H3,(H,15,19)(H,17,18). The van der Waals surface area contributed by atoms with Crippen LogP contribution < -0.4 is 5.32 Å². The Hall–Kier alpha value is -1.49. The maximum absolute atomic E-state index is 12.2. The van der Waals surface area contributed by atoms with Crippen molar-refractivity contribution >= 4 is 23.5 Å². The van der Waals surface area contributed by atoms with Crippen LogP contribution in [-0.2, 0) is 11.3 Å². The zero-order valence-corrected chi connectivity index (χ0v) is 12.1. The summed E-state index contributed by atoms with van der Waals surface area (Å²) in [6.07, 6.45) is 2.44. The summed E-state index contributed by atoms with van der Waals surface area (Å²) in [4.78, 5) is 22.9. The van der Waals surface area contributed by atoms with Crippen LogP contribution in [-0.4, -0.2) is 27.1 Å². The third-order valence-corrected chi connectivity index (χ3v) is 2.81. The minimum absolute atomic E-state index is 0.138. The van der Waals surface area contributed by atoms with E-state index < -0.39 is 11.5 Å². The quantitative estimate of drug-likeness (QED) is 0.844. The van der Waals surface area contributed by atoms with E-state index in [1.165, 1.54) is 0 Å². The summed E-state index contributed by atoms with van der Waals surface area (Å²) in [5.74, 6) is -1.26. The molecular weight excluding hydrogens is 268 g/mol. The molecule has 0 aliphatic rings. The van der Waals surface area contributed by atoms with Crippen LogP contribution in [0.1, 0.15) is 44.1 Å². The van der Waals surface area contributed by atoms with E-state index in [-0.39, 0.29) is 12.3 Å². The lowest BCUT2D eigenvalue weighted by Crippen LogP contribution is -2.45. The van der Waals surface area contributed by atoms with Crippen molar-refractivity contribution in [3.8, 4) is 0 Å². The highest BCUT2D eigenvalue weighted by molar-refractivity contribution is 6.31. The fourth-order valence-corrected chi connectivity index (χ4v) is 2.11. The van der Waals surface area contributed by atoms with Gasteiger partial charge in [-0.05, 0) is 26.3 Å². The van der Waals surface area contributed by atoms with Gasteiger partial charge in [0.05, 0.1) is 11.4 Å². The van der Waals surface area contributed by atoms with Crippen molar-refractivity contribution in [2.24, 2.45) is 0 Å². The molecule has 0 saturated carbocycles. The first-order valence-electron chi connectivity index (χ1n) is 6.15. The van der Waals surface area contributed by atoms with Crippen LogP contribution in [0.2, 0.25) is 5.02 Å². The van der Waals surface area contributed by atoms with Gasteiger partial charge in [-0.15, -0.1) is 0 Å². The molecule has 1 rings (SSSR count). The molecule has 0 spiro atoms. The number of carbonyl (C=O) groups is 2. The van der Waals surface area contributed by atoms with E-state index in [2.05, 4.69) is 5.32 Å². The number of hydrogen-bond donors (Lipinski definition) is 2. The van der Waals surface area contributed by atoms with Gasteiger partial charge < -0.3 is 15.0 Å². The number of amides is 1. The molecule has 0 aliphatic heterocycles. The summed E-state index contributed by atoms with van der Waals surface area (Å²) in [5.41, 5.74) is -0.359. The van der Waals surface area contributed by atoms with Crippen LogP contribution in [0, 0.1) is 0 Å². The van der Waals surface area contributed by atoms with E-state index in [0.717, 1.165) is 6.42 Å². The number of carbonyl (C=O) groups excluding carboxylic acids is 1. The Morgan fingerprint density at radius 2 is 2.11 bits per heavy atom. The first-order chi connectivity index (χ1) is 8.75. The minimum atomic E-state index is -0.952. The fourth-order valence-electron chi connectivity index (χ4n) is 1.88. The van der Waals surface area contributed by atoms with Gasteiger partial charge in [-0.3, -0.25) is 9.59 Å². The highest BCUT2D eigenvalue weighted by Crippen LogP contribution is 2.16. The maximum Gasteiger partial charge on any atom is 0.305 e. The van der Waals surface area contributed by atoms with E-state index in [0.29, 0.717) is 17.3 Å². The summed E-state index contributed by atoms with van der Waals surface area (Å²) in [6, 6.07) is 1.59. The van der Waals surface area contributed by atoms with E-state index >= 15 is 0 Å². The number of aryl methyl sites for hydroxylation is 1. The molecule has 0 aliphatic carbocycles. The highest BCUT2D eigenvalue weighted by Gasteiger charge is 2.25. The molecule has 5 nitrogen and oxygen atoms in total. The number of aliphatic carboxylic acids is 1. The van der Waals surface area contributed by atoms with Crippen LogP contribution in [0.15, 0.2) is 12.3 Å². The number of hydrogen-bond acceptors (Lipinski definition) is 2. The molecule has 0 saturated heterocycles. The summed E-state index contributed by atoms with van der Waals surface area (Å²) < 4.78 is 1.77. The zero-order chi connectivity index (χ0) is 14.6.